The van der Waals surface area contributed by atoms with E-state index in [1.165, 1.54) is 0 Å². The van der Waals surface area contributed by atoms with Crippen molar-refractivity contribution >= 4 is 11.6 Å². The molecule has 0 atom stereocenters. The average Bonchev–Trinajstić information content (AvgIpc) is 3.01. The summed E-state index contributed by atoms with van der Waals surface area (Å²) in [6.45, 7) is 13.2. The van der Waals surface area contributed by atoms with Crippen LogP contribution < -0.4 is 9.80 Å². The molecule has 3 rings (SSSR count). The molecule has 1 aromatic rings. The lowest BCUT2D eigenvalue weighted by Crippen LogP contribution is -2.34. The molecule has 0 aliphatic carbocycles. The van der Waals surface area contributed by atoms with Gasteiger partial charge in [-0.2, -0.15) is 0 Å². The number of ether oxygens (including phenoxy) is 10. The first-order chi connectivity index (χ1) is 20.9. The number of aromatic nitrogens is 2. The molecule has 0 spiro atoms. The van der Waals surface area contributed by atoms with Gasteiger partial charge in [-0.1, -0.05) is 0 Å². The van der Waals surface area contributed by atoms with Gasteiger partial charge < -0.3 is 57.2 Å². The lowest BCUT2D eigenvalue weighted by atomic mass is 10.4. The highest BCUT2D eigenvalue weighted by Gasteiger charge is 2.14. The quantitative estimate of drug-likeness (QED) is 0.460. The molecule has 3 heterocycles. The lowest BCUT2D eigenvalue weighted by molar-refractivity contribution is -0.0116. The van der Waals surface area contributed by atoms with Crippen molar-refractivity contribution in [3.63, 3.8) is 0 Å². The van der Waals surface area contributed by atoms with E-state index in [4.69, 9.17) is 47.4 Å². The van der Waals surface area contributed by atoms with Crippen molar-refractivity contribution in [2.75, 3.05) is 168 Å². The third-order valence-corrected chi connectivity index (χ3v) is 6.28. The first-order valence-corrected chi connectivity index (χ1v) is 15.0. The maximum atomic E-state index is 5.82. The summed E-state index contributed by atoms with van der Waals surface area (Å²) in [5.74, 6) is 1.60. The molecule has 0 aromatic carbocycles. The summed E-state index contributed by atoms with van der Waals surface area (Å²) in [5, 5.41) is 0. The fourth-order valence-electron chi connectivity index (χ4n) is 4.03. The molecule has 2 fully saturated rings. The van der Waals surface area contributed by atoms with Gasteiger partial charge in [0.05, 0.1) is 132 Å². The Hall–Kier alpha value is -1.72. The molecule has 0 saturated carbocycles. The summed E-state index contributed by atoms with van der Waals surface area (Å²) in [6.07, 6.45) is 1.60. The van der Waals surface area contributed by atoms with Crippen LogP contribution in [-0.2, 0) is 47.4 Å². The minimum Gasteiger partial charge on any atom is -0.377 e. The molecular formula is C28H50N4O10. The van der Waals surface area contributed by atoms with E-state index in [1.54, 1.807) is 6.33 Å². The smallest absolute Gasteiger partial charge is 0.134 e. The minimum atomic E-state index is 0.514. The first kappa shape index (κ1) is 34.8. The number of hydrogen-bond donors (Lipinski definition) is 0. The van der Waals surface area contributed by atoms with Crippen LogP contribution in [0.15, 0.2) is 12.4 Å². The van der Waals surface area contributed by atoms with Crippen molar-refractivity contribution in [3.05, 3.63) is 12.4 Å². The van der Waals surface area contributed by atoms with Crippen LogP contribution >= 0.6 is 0 Å². The number of anilines is 2. The van der Waals surface area contributed by atoms with Crippen LogP contribution in [0, 0.1) is 0 Å². The molecule has 242 valence electrons. The summed E-state index contributed by atoms with van der Waals surface area (Å²) in [7, 11) is 0. The van der Waals surface area contributed by atoms with E-state index in [1.807, 2.05) is 6.07 Å². The molecule has 42 heavy (non-hydrogen) atoms. The van der Waals surface area contributed by atoms with Crippen molar-refractivity contribution in [3.8, 4) is 0 Å². The van der Waals surface area contributed by atoms with Gasteiger partial charge in [-0.25, -0.2) is 9.97 Å². The van der Waals surface area contributed by atoms with E-state index < -0.39 is 0 Å². The van der Waals surface area contributed by atoms with Crippen molar-refractivity contribution in [1.82, 2.24) is 9.97 Å². The zero-order chi connectivity index (χ0) is 29.2. The van der Waals surface area contributed by atoms with E-state index in [0.717, 1.165) is 11.6 Å². The second-order valence-electron chi connectivity index (χ2n) is 9.33. The van der Waals surface area contributed by atoms with Crippen LogP contribution in [-0.4, -0.2) is 168 Å². The summed E-state index contributed by atoms with van der Waals surface area (Å²) >= 11 is 0. The number of rotatable bonds is 2. The summed E-state index contributed by atoms with van der Waals surface area (Å²) in [5.41, 5.74) is 0. The van der Waals surface area contributed by atoms with Crippen LogP contribution in [0.5, 0.6) is 0 Å². The Balaban J connectivity index is 1.57. The lowest BCUT2D eigenvalue weighted by Gasteiger charge is -2.27. The van der Waals surface area contributed by atoms with E-state index in [9.17, 15) is 0 Å². The highest BCUT2D eigenvalue weighted by molar-refractivity contribution is 5.50. The third kappa shape index (κ3) is 16.8. The Kier molecular flexibility index (Phi) is 20.4. The predicted octanol–water partition coefficient (Wildman–Crippen LogP) is 0.283. The second kappa shape index (κ2) is 24.7. The van der Waals surface area contributed by atoms with Crippen molar-refractivity contribution in [2.45, 2.75) is 0 Å². The standard InChI is InChI=1S/C28H50N4O10/c1-5-33-9-13-37-17-21-41-22-18-38-14-10-34-6-2-31(1)27-25-28(30-26-29-27)32-3-7-35-11-15-39-19-23-42-24-20-40-16-12-36-8-4-32/h25-26H,1-24H2. The molecule has 14 nitrogen and oxygen atoms in total. The zero-order valence-electron chi connectivity index (χ0n) is 25.0. The zero-order valence-corrected chi connectivity index (χ0v) is 25.0. The maximum Gasteiger partial charge on any atom is 0.134 e. The molecule has 0 bridgehead atoms. The largest absolute Gasteiger partial charge is 0.377 e. The maximum absolute atomic E-state index is 5.82. The number of hydrogen-bond acceptors (Lipinski definition) is 14. The van der Waals surface area contributed by atoms with Gasteiger partial charge in [-0.3, -0.25) is 0 Å². The topological polar surface area (TPSA) is 125 Å². The van der Waals surface area contributed by atoms with E-state index in [2.05, 4.69) is 19.8 Å². The molecule has 14 heteroatoms. The predicted molar refractivity (Wildman–Crippen MR) is 155 cm³/mol. The molecule has 2 aliphatic heterocycles. The fraction of sp³-hybridized carbons (Fsp3) is 0.857. The number of nitrogens with zero attached hydrogens (tertiary/aromatic N) is 4. The third-order valence-electron chi connectivity index (χ3n) is 6.28. The Morgan fingerprint density at radius 1 is 0.333 bits per heavy atom. The van der Waals surface area contributed by atoms with Gasteiger partial charge in [0.15, 0.2) is 0 Å². The molecule has 0 N–H and O–H groups in total. The second-order valence-corrected chi connectivity index (χ2v) is 9.33. The van der Waals surface area contributed by atoms with Crippen molar-refractivity contribution < 1.29 is 47.4 Å². The normalized spacial score (nSPS) is 22.8. The minimum absolute atomic E-state index is 0.514. The van der Waals surface area contributed by atoms with Crippen LogP contribution in [0.4, 0.5) is 11.6 Å². The van der Waals surface area contributed by atoms with E-state index in [-0.39, 0.29) is 0 Å². The Morgan fingerprint density at radius 3 is 0.786 bits per heavy atom. The van der Waals surface area contributed by atoms with Gasteiger partial charge in [-0.15, -0.1) is 0 Å². The Bertz CT molecular complexity index is 676. The van der Waals surface area contributed by atoms with E-state index >= 15 is 0 Å². The highest BCUT2D eigenvalue weighted by atomic mass is 16.6. The first-order valence-electron chi connectivity index (χ1n) is 15.0. The monoisotopic (exact) mass is 602 g/mol. The molecular weight excluding hydrogens is 552 g/mol. The van der Waals surface area contributed by atoms with Crippen LogP contribution in [0.3, 0.4) is 0 Å². The average molecular weight is 603 g/mol. The molecule has 0 radical (unpaired) electrons. The van der Waals surface area contributed by atoms with Crippen molar-refractivity contribution in [2.24, 2.45) is 0 Å². The van der Waals surface area contributed by atoms with Gasteiger partial charge in [0.2, 0.25) is 0 Å². The van der Waals surface area contributed by atoms with Gasteiger partial charge >= 0.3 is 0 Å². The Morgan fingerprint density at radius 2 is 0.548 bits per heavy atom. The molecule has 0 unspecified atom stereocenters. The molecule has 1 aromatic heterocycles. The van der Waals surface area contributed by atoms with Gasteiger partial charge in [-0.05, 0) is 0 Å². The van der Waals surface area contributed by atoms with Crippen LogP contribution in [0.1, 0.15) is 0 Å². The van der Waals surface area contributed by atoms with Gasteiger partial charge in [0.25, 0.3) is 0 Å². The van der Waals surface area contributed by atoms with Crippen molar-refractivity contribution in [1.29, 1.82) is 0 Å². The SMILES string of the molecule is c1nc(N2CCOCCOCCOCCOCCOCC2)cc(N2CCOCCOCCOCCOCCOCC2)n1. The summed E-state index contributed by atoms with van der Waals surface area (Å²) in [6, 6.07) is 2.00. The van der Waals surface area contributed by atoms with E-state index in [0.29, 0.717) is 158 Å². The van der Waals surface area contributed by atoms with Crippen LogP contribution in [0.25, 0.3) is 0 Å². The summed E-state index contributed by atoms with van der Waals surface area (Å²) < 4.78 is 56.5. The molecule has 0 amide bonds. The van der Waals surface area contributed by atoms with Crippen LogP contribution in [0.2, 0.25) is 0 Å². The van der Waals surface area contributed by atoms with Gasteiger partial charge in [0.1, 0.15) is 18.0 Å². The fourth-order valence-corrected chi connectivity index (χ4v) is 4.03. The summed E-state index contributed by atoms with van der Waals surface area (Å²) in [4.78, 5) is 13.5. The highest BCUT2D eigenvalue weighted by Crippen LogP contribution is 2.18. The van der Waals surface area contributed by atoms with Gasteiger partial charge in [0, 0.05) is 32.2 Å². The Labute approximate surface area is 249 Å². The molecule has 2 aliphatic rings. The molecule has 2 saturated heterocycles.